The third kappa shape index (κ3) is 5.11. The van der Waals surface area contributed by atoms with Gasteiger partial charge in [0.05, 0.1) is 6.10 Å². The molecule has 0 atom stereocenters. The standard InChI is InChI=1S/C17H26O3S/c1-17(2,3)15-11-9-14(10-12-15)13-21(18,19)20-16-7-5-4-6-8-16/h9-12,16H,4-8,13H2,1-3H3. The first-order valence-electron chi connectivity index (χ1n) is 7.77. The van der Waals surface area contributed by atoms with E-state index in [1.165, 1.54) is 12.0 Å². The maximum atomic E-state index is 12.1. The van der Waals surface area contributed by atoms with Gasteiger partial charge in [-0.1, -0.05) is 64.3 Å². The van der Waals surface area contributed by atoms with Gasteiger partial charge in [-0.2, -0.15) is 8.42 Å². The zero-order valence-electron chi connectivity index (χ0n) is 13.3. The van der Waals surface area contributed by atoms with Crippen molar-refractivity contribution in [2.45, 2.75) is 70.1 Å². The average molecular weight is 310 g/mol. The average Bonchev–Trinajstić information content (AvgIpc) is 2.38. The van der Waals surface area contributed by atoms with Crippen molar-refractivity contribution >= 4 is 10.1 Å². The highest BCUT2D eigenvalue weighted by atomic mass is 32.2. The summed E-state index contributed by atoms with van der Waals surface area (Å²) >= 11 is 0. The quantitative estimate of drug-likeness (QED) is 0.784. The van der Waals surface area contributed by atoms with Gasteiger partial charge in [-0.15, -0.1) is 0 Å². The van der Waals surface area contributed by atoms with Crippen molar-refractivity contribution in [3.63, 3.8) is 0 Å². The van der Waals surface area contributed by atoms with E-state index in [-0.39, 0.29) is 17.3 Å². The van der Waals surface area contributed by atoms with E-state index < -0.39 is 10.1 Å². The Hall–Kier alpha value is -0.870. The highest BCUT2D eigenvalue weighted by molar-refractivity contribution is 7.85. The van der Waals surface area contributed by atoms with Crippen LogP contribution in [0.15, 0.2) is 24.3 Å². The van der Waals surface area contributed by atoms with Crippen LogP contribution in [0.3, 0.4) is 0 Å². The monoisotopic (exact) mass is 310 g/mol. The molecule has 1 aromatic rings. The van der Waals surface area contributed by atoms with E-state index >= 15 is 0 Å². The van der Waals surface area contributed by atoms with Crippen LogP contribution in [0, 0.1) is 0 Å². The van der Waals surface area contributed by atoms with Gasteiger partial charge in [0.15, 0.2) is 0 Å². The highest BCUT2D eigenvalue weighted by Crippen LogP contribution is 2.25. The molecule has 1 saturated carbocycles. The molecule has 118 valence electrons. The lowest BCUT2D eigenvalue weighted by Gasteiger charge is -2.21. The second kappa shape index (κ2) is 6.49. The number of hydrogen-bond donors (Lipinski definition) is 0. The van der Waals surface area contributed by atoms with Crippen LogP contribution in [0.4, 0.5) is 0 Å². The predicted octanol–water partition coefficient (Wildman–Crippen LogP) is 4.16. The van der Waals surface area contributed by atoms with E-state index in [0.717, 1.165) is 31.2 Å². The Kier molecular flexibility index (Phi) is 5.10. The molecule has 1 aliphatic rings. The van der Waals surface area contributed by atoms with Crippen LogP contribution < -0.4 is 0 Å². The van der Waals surface area contributed by atoms with Gasteiger partial charge in [0, 0.05) is 0 Å². The Morgan fingerprint density at radius 3 is 2.14 bits per heavy atom. The summed E-state index contributed by atoms with van der Waals surface area (Å²) in [5.74, 6) is -0.0338. The highest BCUT2D eigenvalue weighted by Gasteiger charge is 2.22. The van der Waals surface area contributed by atoms with E-state index in [1.54, 1.807) is 0 Å². The van der Waals surface area contributed by atoms with Crippen LogP contribution in [0.2, 0.25) is 0 Å². The summed E-state index contributed by atoms with van der Waals surface area (Å²) in [6, 6.07) is 7.79. The maximum absolute atomic E-state index is 12.1. The van der Waals surface area contributed by atoms with Gasteiger partial charge in [-0.05, 0) is 29.4 Å². The van der Waals surface area contributed by atoms with Crippen molar-refractivity contribution in [2.75, 3.05) is 0 Å². The van der Waals surface area contributed by atoms with Crippen molar-refractivity contribution < 1.29 is 12.6 Å². The molecule has 0 radical (unpaired) electrons. The SMILES string of the molecule is CC(C)(C)c1ccc(CS(=O)(=O)OC2CCCCC2)cc1. The number of rotatable bonds is 4. The summed E-state index contributed by atoms with van der Waals surface area (Å²) in [6.45, 7) is 6.43. The van der Waals surface area contributed by atoms with Crippen LogP contribution in [0.25, 0.3) is 0 Å². The Bertz CT molecular complexity index is 547. The zero-order chi connectivity index (χ0) is 15.5. The van der Waals surface area contributed by atoms with Crippen molar-refractivity contribution in [3.05, 3.63) is 35.4 Å². The molecule has 4 heteroatoms. The van der Waals surface area contributed by atoms with E-state index in [2.05, 4.69) is 20.8 Å². The van der Waals surface area contributed by atoms with E-state index in [0.29, 0.717) is 0 Å². The summed E-state index contributed by atoms with van der Waals surface area (Å²) in [6.07, 6.45) is 4.94. The molecule has 0 saturated heterocycles. The molecule has 0 unspecified atom stereocenters. The smallest absolute Gasteiger partial charge is 0.267 e. The lowest BCUT2D eigenvalue weighted by atomic mass is 9.87. The summed E-state index contributed by atoms with van der Waals surface area (Å²) in [4.78, 5) is 0. The summed E-state index contributed by atoms with van der Waals surface area (Å²) in [5, 5.41) is 0. The summed E-state index contributed by atoms with van der Waals surface area (Å²) < 4.78 is 29.6. The third-order valence-corrected chi connectivity index (χ3v) is 5.25. The number of hydrogen-bond acceptors (Lipinski definition) is 3. The first-order chi connectivity index (χ1) is 9.76. The fourth-order valence-corrected chi connectivity index (χ4v) is 3.98. The maximum Gasteiger partial charge on any atom is 0.271 e. The lowest BCUT2D eigenvalue weighted by Crippen LogP contribution is -2.22. The van der Waals surface area contributed by atoms with Gasteiger partial charge in [-0.25, -0.2) is 0 Å². The molecule has 3 nitrogen and oxygen atoms in total. The van der Waals surface area contributed by atoms with Gasteiger partial charge in [0.25, 0.3) is 10.1 Å². The van der Waals surface area contributed by atoms with Crippen LogP contribution >= 0.6 is 0 Å². The molecule has 1 aromatic carbocycles. The first-order valence-corrected chi connectivity index (χ1v) is 9.34. The van der Waals surface area contributed by atoms with Crippen molar-refractivity contribution in [1.82, 2.24) is 0 Å². The molecule has 2 rings (SSSR count). The normalized spacial score (nSPS) is 17.9. The second-order valence-electron chi connectivity index (χ2n) is 7.01. The Morgan fingerprint density at radius 2 is 1.62 bits per heavy atom. The lowest BCUT2D eigenvalue weighted by molar-refractivity contribution is 0.162. The third-order valence-electron chi connectivity index (χ3n) is 4.00. The van der Waals surface area contributed by atoms with Crippen LogP contribution in [0.5, 0.6) is 0 Å². The van der Waals surface area contributed by atoms with Gasteiger partial charge in [0.2, 0.25) is 0 Å². The van der Waals surface area contributed by atoms with Gasteiger partial charge >= 0.3 is 0 Å². The van der Waals surface area contributed by atoms with Crippen molar-refractivity contribution in [2.24, 2.45) is 0 Å². The Labute approximate surface area is 128 Å². The van der Waals surface area contributed by atoms with Crippen LogP contribution in [-0.4, -0.2) is 14.5 Å². The Morgan fingerprint density at radius 1 is 1.05 bits per heavy atom. The van der Waals surface area contributed by atoms with E-state index in [1.807, 2.05) is 24.3 Å². The minimum Gasteiger partial charge on any atom is -0.267 e. The van der Waals surface area contributed by atoms with Gasteiger partial charge in [0.1, 0.15) is 5.75 Å². The summed E-state index contributed by atoms with van der Waals surface area (Å²) in [7, 11) is -3.48. The molecule has 0 N–H and O–H groups in total. The molecule has 0 amide bonds. The molecule has 21 heavy (non-hydrogen) atoms. The molecule has 0 bridgehead atoms. The van der Waals surface area contributed by atoms with Crippen LogP contribution in [-0.2, 0) is 25.5 Å². The Balaban J connectivity index is 1.99. The van der Waals surface area contributed by atoms with Gasteiger partial charge in [-0.3, -0.25) is 4.18 Å². The predicted molar refractivity (Wildman–Crippen MR) is 85.7 cm³/mol. The van der Waals surface area contributed by atoms with Crippen molar-refractivity contribution in [3.8, 4) is 0 Å². The topological polar surface area (TPSA) is 43.4 Å². The van der Waals surface area contributed by atoms with Crippen LogP contribution in [0.1, 0.15) is 64.0 Å². The molecular formula is C17H26O3S. The van der Waals surface area contributed by atoms with Gasteiger partial charge < -0.3 is 0 Å². The largest absolute Gasteiger partial charge is 0.271 e. The summed E-state index contributed by atoms with van der Waals surface area (Å²) in [5.41, 5.74) is 2.08. The molecule has 0 spiro atoms. The molecule has 1 aliphatic carbocycles. The fraction of sp³-hybridized carbons (Fsp3) is 0.647. The molecule has 1 fully saturated rings. The first kappa shape index (κ1) is 16.5. The molecule has 0 aromatic heterocycles. The minimum atomic E-state index is -3.48. The molecule has 0 aliphatic heterocycles. The molecular weight excluding hydrogens is 284 g/mol. The molecule has 0 heterocycles. The zero-order valence-corrected chi connectivity index (χ0v) is 14.1. The minimum absolute atomic E-state index is 0.0338. The van der Waals surface area contributed by atoms with Crippen molar-refractivity contribution in [1.29, 1.82) is 0 Å². The van der Waals surface area contributed by atoms with E-state index in [4.69, 9.17) is 4.18 Å². The van der Waals surface area contributed by atoms with E-state index in [9.17, 15) is 8.42 Å². The second-order valence-corrected chi connectivity index (χ2v) is 8.60. The number of benzene rings is 1. The fourth-order valence-electron chi connectivity index (χ4n) is 2.71.